The van der Waals surface area contributed by atoms with Crippen LogP contribution in [0.25, 0.3) is 0 Å². The van der Waals surface area contributed by atoms with Crippen LogP contribution < -0.4 is 0 Å². The van der Waals surface area contributed by atoms with E-state index in [1.54, 1.807) is 7.11 Å². The van der Waals surface area contributed by atoms with Crippen LogP contribution in [0, 0.1) is 0 Å². The highest BCUT2D eigenvalue weighted by Crippen LogP contribution is 1.99. The van der Waals surface area contributed by atoms with Gasteiger partial charge in [0.25, 0.3) is 0 Å². The first-order valence-corrected chi connectivity index (χ1v) is 4.05. The summed E-state index contributed by atoms with van der Waals surface area (Å²) in [6.45, 7) is 1.94. The zero-order valence-electron chi connectivity index (χ0n) is 7.73. The molecule has 0 fully saturated rings. The van der Waals surface area contributed by atoms with Crippen molar-refractivity contribution >= 4 is 6.29 Å². The van der Waals surface area contributed by atoms with Gasteiger partial charge < -0.3 is 4.74 Å². The lowest BCUT2D eigenvalue weighted by Crippen LogP contribution is -2.11. The van der Waals surface area contributed by atoms with Crippen LogP contribution in [0.4, 0.5) is 0 Å². The summed E-state index contributed by atoms with van der Waals surface area (Å²) in [5, 5.41) is 0. The average molecular weight is 180 g/mol. The Morgan fingerprint density at radius 3 is 2.62 bits per heavy atom. The summed E-state index contributed by atoms with van der Waals surface area (Å²) in [6, 6.07) is 0. The van der Waals surface area contributed by atoms with Crippen molar-refractivity contribution in [1.82, 2.24) is 9.97 Å². The summed E-state index contributed by atoms with van der Waals surface area (Å²) < 4.78 is 5.06. The van der Waals surface area contributed by atoms with Gasteiger partial charge in [0.05, 0.1) is 11.7 Å². The largest absolute Gasteiger partial charge is 0.381 e. The van der Waals surface area contributed by atoms with E-state index in [4.69, 9.17) is 4.74 Å². The maximum atomic E-state index is 10.3. The van der Waals surface area contributed by atoms with Crippen molar-refractivity contribution in [2.45, 2.75) is 19.4 Å². The van der Waals surface area contributed by atoms with Gasteiger partial charge >= 0.3 is 0 Å². The second-order valence-corrected chi connectivity index (χ2v) is 2.80. The molecule has 0 aliphatic carbocycles. The molecule has 0 aliphatic heterocycles. The molecule has 0 N–H and O–H groups in total. The van der Waals surface area contributed by atoms with Gasteiger partial charge in [-0.05, 0) is 6.92 Å². The minimum Gasteiger partial charge on any atom is -0.381 e. The average Bonchev–Trinajstić information content (AvgIpc) is 2.19. The first-order chi connectivity index (χ1) is 6.26. The molecule has 4 heteroatoms. The molecule has 1 rings (SSSR count). The SMILES string of the molecule is COC(C)Cc1ncc(C=O)cn1. The van der Waals surface area contributed by atoms with Gasteiger partial charge in [-0.2, -0.15) is 0 Å². The molecule has 0 saturated heterocycles. The van der Waals surface area contributed by atoms with Gasteiger partial charge in [0.2, 0.25) is 0 Å². The van der Waals surface area contributed by atoms with Gasteiger partial charge in [-0.15, -0.1) is 0 Å². The van der Waals surface area contributed by atoms with Crippen LogP contribution >= 0.6 is 0 Å². The monoisotopic (exact) mass is 180 g/mol. The maximum Gasteiger partial charge on any atom is 0.153 e. The third kappa shape index (κ3) is 2.91. The number of aldehydes is 1. The third-order valence-corrected chi connectivity index (χ3v) is 1.73. The second kappa shape index (κ2) is 4.67. The van der Waals surface area contributed by atoms with Crippen molar-refractivity contribution in [3.05, 3.63) is 23.8 Å². The minimum absolute atomic E-state index is 0.0991. The summed E-state index contributed by atoms with van der Waals surface area (Å²) in [7, 11) is 1.64. The maximum absolute atomic E-state index is 10.3. The molecule has 1 atom stereocenters. The lowest BCUT2D eigenvalue weighted by atomic mass is 10.2. The molecule has 0 bridgehead atoms. The highest BCUT2D eigenvalue weighted by molar-refractivity contribution is 5.73. The first-order valence-electron chi connectivity index (χ1n) is 4.05. The molecule has 0 amide bonds. The number of aromatic nitrogens is 2. The summed E-state index contributed by atoms with van der Waals surface area (Å²) >= 11 is 0. The summed E-state index contributed by atoms with van der Waals surface area (Å²) in [6.07, 6.45) is 4.51. The Morgan fingerprint density at radius 2 is 2.15 bits per heavy atom. The molecule has 0 radical (unpaired) electrons. The van der Waals surface area contributed by atoms with Gasteiger partial charge in [0.15, 0.2) is 6.29 Å². The van der Waals surface area contributed by atoms with Gasteiger partial charge in [-0.1, -0.05) is 0 Å². The minimum atomic E-state index is 0.0991. The molecule has 0 spiro atoms. The number of carbonyl (C=O) groups is 1. The summed E-state index contributed by atoms with van der Waals surface area (Å²) in [5.41, 5.74) is 0.494. The Kier molecular flexibility index (Phi) is 3.52. The Bertz CT molecular complexity index is 271. The molecular weight excluding hydrogens is 168 g/mol. The van der Waals surface area contributed by atoms with E-state index in [1.807, 2.05) is 6.92 Å². The number of methoxy groups -OCH3 is 1. The fraction of sp³-hybridized carbons (Fsp3) is 0.444. The van der Waals surface area contributed by atoms with E-state index >= 15 is 0 Å². The van der Waals surface area contributed by atoms with Crippen molar-refractivity contribution in [2.75, 3.05) is 7.11 Å². The van der Waals surface area contributed by atoms with Gasteiger partial charge in [-0.25, -0.2) is 9.97 Å². The highest BCUT2D eigenvalue weighted by atomic mass is 16.5. The van der Waals surface area contributed by atoms with Crippen LogP contribution in [0.2, 0.25) is 0 Å². The Labute approximate surface area is 77.0 Å². The first kappa shape index (κ1) is 9.80. The molecule has 13 heavy (non-hydrogen) atoms. The molecule has 70 valence electrons. The molecular formula is C9H12N2O2. The van der Waals surface area contributed by atoms with Crippen LogP contribution in [0.1, 0.15) is 23.1 Å². The van der Waals surface area contributed by atoms with E-state index in [1.165, 1.54) is 12.4 Å². The number of rotatable bonds is 4. The fourth-order valence-electron chi connectivity index (χ4n) is 0.871. The molecule has 0 saturated carbocycles. The molecule has 1 aromatic rings. The topological polar surface area (TPSA) is 52.1 Å². The van der Waals surface area contributed by atoms with Crippen molar-refractivity contribution in [3.8, 4) is 0 Å². The van der Waals surface area contributed by atoms with E-state index in [2.05, 4.69) is 9.97 Å². The van der Waals surface area contributed by atoms with Crippen molar-refractivity contribution < 1.29 is 9.53 Å². The quantitative estimate of drug-likeness (QED) is 0.645. The zero-order valence-corrected chi connectivity index (χ0v) is 7.73. The Balaban J connectivity index is 2.63. The van der Waals surface area contributed by atoms with Gasteiger partial charge in [0, 0.05) is 25.9 Å². The second-order valence-electron chi connectivity index (χ2n) is 2.80. The molecule has 0 aromatic carbocycles. The Morgan fingerprint density at radius 1 is 1.54 bits per heavy atom. The summed E-state index contributed by atoms with van der Waals surface area (Å²) in [5.74, 6) is 0.694. The third-order valence-electron chi connectivity index (χ3n) is 1.73. The fourth-order valence-corrected chi connectivity index (χ4v) is 0.871. The number of ether oxygens (including phenoxy) is 1. The normalized spacial score (nSPS) is 12.5. The van der Waals surface area contributed by atoms with E-state index < -0.39 is 0 Å². The number of hydrogen-bond donors (Lipinski definition) is 0. The van der Waals surface area contributed by atoms with E-state index in [0.717, 1.165) is 6.29 Å². The predicted molar refractivity (Wildman–Crippen MR) is 47.6 cm³/mol. The molecule has 4 nitrogen and oxygen atoms in total. The van der Waals surface area contributed by atoms with Crippen molar-refractivity contribution in [3.63, 3.8) is 0 Å². The smallest absolute Gasteiger partial charge is 0.153 e. The van der Waals surface area contributed by atoms with Crippen LogP contribution in [0.3, 0.4) is 0 Å². The number of nitrogens with zero attached hydrogens (tertiary/aromatic N) is 2. The van der Waals surface area contributed by atoms with Gasteiger partial charge in [-0.3, -0.25) is 4.79 Å². The zero-order chi connectivity index (χ0) is 9.68. The molecule has 1 unspecified atom stereocenters. The van der Waals surface area contributed by atoms with E-state index in [-0.39, 0.29) is 6.10 Å². The number of carbonyl (C=O) groups excluding carboxylic acids is 1. The lowest BCUT2D eigenvalue weighted by Gasteiger charge is -2.06. The molecule has 1 aromatic heterocycles. The summed E-state index contributed by atoms with van der Waals surface area (Å²) in [4.78, 5) is 18.3. The highest BCUT2D eigenvalue weighted by Gasteiger charge is 2.03. The Hall–Kier alpha value is -1.29. The standard InChI is InChI=1S/C9H12N2O2/c1-7(13-2)3-9-10-4-8(6-12)5-11-9/h4-7H,3H2,1-2H3. The van der Waals surface area contributed by atoms with Gasteiger partial charge in [0.1, 0.15) is 5.82 Å². The molecule has 0 aliphatic rings. The predicted octanol–water partition coefficient (Wildman–Crippen LogP) is 0.867. The van der Waals surface area contributed by atoms with Crippen molar-refractivity contribution in [2.24, 2.45) is 0 Å². The van der Waals surface area contributed by atoms with Crippen LogP contribution in [0.5, 0.6) is 0 Å². The van der Waals surface area contributed by atoms with Crippen LogP contribution in [-0.4, -0.2) is 29.5 Å². The van der Waals surface area contributed by atoms with Crippen molar-refractivity contribution in [1.29, 1.82) is 0 Å². The van der Waals surface area contributed by atoms with E-state index in [9.17, 15) is 4.79 Å². The lowest BCUT2D eigenvalue weighted by molar-refractivity contribution is 0.112. The van der Waals surface area contributed by atoms with E-state index in [0.29, 0.717) is 17.8 Å². The van der Waals surface area contributed by atoms with Crippen LogP contribution in [0.15, 0.2) is 12.4 Å². The van der Waals surface area contributed by atoms with Crippen LogP contribution in [-0.2, 0) is 11.2 Å². The molecule has 1 heterocycles. The number of hydrogen-bond acceptors (Lipinski definition) is 4.